The van der Waals surface area contributed by atoms with Crippen molar-refractivity contribution in [2.45, 2.75) is 11.3 Å². The highest BCUT2D eigenvalue weighted by atomic mass is 35.5. The van der Waals surface area contributed by atoms with E-state index in [2.05, 4.69) is 6.58 Å². The number of allylic oxidation sites excluding steroid dienone is 1. The number of hydrogen-bond donors (Lipinski definition) is 0. The van der Waals surface area contributed by atoms with Crippen LogP contribution < -0.4 is 4.74 Å². The van der Waals surface area contributed by atoms with Gasteiger partial charge in [0.05, 0.1) is 12.9 Å². The van der Waals surface area contributed by atoms with Crippen LogP contribution in [0.1, 0.15) is 6.42 Å². The summed E-state index contributed by atoms with van der Waals surface area (Å²) in [5.74, 6) is 0.321. The first-order valence-electron chi connectivity index (χ1n) is 4.68. The second-order valence-corrected chi connectivity index (χ2v) is 5.71. The van der Waals surface area contributed by atoms with E-state index in [1.165, 1.54) is 13.2 Å². The molecule has 1 aromatic rings. The fourth-order valence-corrected chi connectivity index (χ4v) is 2.94. The topological polar surface area (TPSA) is 43.4 Å². The third-order valence-corrected chi connectivity index (χ3v) is 4.05. The zero-order valence-electron chi connectivity index (χ0n) is 8.94. The normalized spacial score (nSPS) is 11.1. The van der Waals surface area contributed by atoms with Crippen molar-refractivity contribution in [3.8, 4) is 5.75 Å². The number of sulfone groups is 1. The van der Waals surface area contributed by atoms with Crippen molar-refractivity contribution in [1.29, 1.82) is 0 Å². The van der Waals surface area contributed by atoms with Crippen LogP contribution in [0, 0.1) is 0 Å². The number of rotatable bonds is 5. The summed E-state index contributed by atoms with van der Waals surface area (Å²) in [5.41, 5.74) is 0. The minimum absolute atomic E-state index is 0.00715. The molecule has 3 nitrogen and oxygen atoms in total. The summed E-state index contributed by atoms with van der Waals surface area (Å²) in [6.07, 6.45) is 1.96. The first kappa shape index (κ1) is 13.1. The molecular formula is C11H13ClO3S. The summed E-state index contributed by atoms with van der Waals surface area (Å²) in [6.45, 7) is 3.50. The highest BCUT2D eigenvalue weighted by molar-refractivity contribution is 7.91. The molecule has 0 spiro atoms. The van der Waals surface area contributed by atoms with Gasteiger partial charge in [0.2, 0.25) is 0 Å². The average Bonchev–Trinajstić information content (AvgIpc) is 2.26. The molecule has 0 unspecified atom stereocenters. The van der Waals surface area contributed by atoms with Crippen LogP contribution in [0.25, 0.3) is 0 Å². The Morgan fingerprint density at radius 3 is 2.75 bits per heavy atom. The summed E-state index contributed by atoms with van der Waals surface area (Å²) in [7, 11) is -1.94. The first-order chi connectivity index (χ1) is 7.51. The molecule has 0 aromatic heterocycles. The third-order valence-electron chi connectivity index (χ3n) is 2.05. The highest BCUT2D eigenvalue weighted by Gasteiger charge is 2.19. The lowest BCUT2D eigenvalue weighted by atomic mass is 10.3. The van der Waals surface area contributed by atoms with E-state index in [9.17, 15) is 8.42 Å². The quantitative estimate of drug-likeness (QED) is 0.765. The van der Waals surface area contributed by atoms with Gasteiger partial charge in [-0.15, -0.1) is 6.58 Å². The molecule has 0 N–H and O–H groups in total. The molecule has 5 heteroatoms. The second-order valence-electron chi connectivity index (χ2n) is 3.19. The van der Waals surface area contributed by atoms with E-state index in [1.54, 1.807) is 18.2 Å². The van der Waals surface area contributed by atoms with Crippen LogP contribution in [-0.2, 0) is 9.84 Å². The van der Waals surface area contributed by atoms with Crippen LogP contribution in [-0.4, -0.2) is 21.3 Å². The van der Waals surface area contributed by atoms with Gasteiger partial charge in [0.25, 0.3) is 0 Å². The van der Waals surface area contributed by atoms with Crippen LogP contribution >= 0.6 is 11.6 Å². The minimum Gasteiger partial charge on any atom is -0.495 e. The molecule has 0 amide bonds. The Morgan fingerprint density at radius 2 is 2.19 bits per heavy atom. The molecule has 0 aliphatic carbocycles. The third kappa shape index (κ3) is 3.00. The van der Waals surface area contributed by atoms with E-state index < -0.39 is 9.84 Å². The fourth-order valence-electron chi connectivity index (χ4n) is 1.24. The van der Waals surface area contributed by atoms with Gasteiger partial charge < -0.3 is 4.74 Å². The number of halogens is 1. The Hall–Kier alpha value is -1.00. The number of ether oxygens (including phenoxy) is 1. The molecule has 0 saturated heterocycles. The largest absolute Gasteiger partial charge is 0.495 e. The van der Waals surface area contributed by atoms with Crippen LogP contribution in [0.4, 0.5) is 0 Å². The second kappa shape index (κ2) is 5.37. The SMILES string of the molecule is C=CCCS(=O)(=O)c1cc(Cl)ccc1OC. The highest BCUT2D eigenvalue weighted by Crippen LogP contribution is 2.28. The van der Waals surface area contributed by atoms with Gasteiger partial charge in [0.1, 0.15) is 10.6 Å². The molecule has 0 saturated carbocycles. The maximum atomic E-state index is 11.9. The van der Waals surface area contributed by atoms with E-state index in [1.807, 2.05) is 0 Å². The number of benzene rings is 1. The lowest BCUT2D eigenvalue weighted by Crippen LogP contribution is -2.07. The minimum atomic E-state index is -3.37. The Morgan fingerprint density at radius 1 is 1.50 bits per heavy atom. The van der Waals surface area contributed by atoms with Gasteiger partial charge in [-0.05, 0) is 24.6 Å². The van der Waals surface area contributed by atoms with E-state index in [0.717, 1.165) is 0 Å². The summed E-state index contributed by atoms with van der Waals surface area (Å²) < 4.78 is 28.9. The Kier molecular flexibility index (Phi) is 4.38. The molecule has 0 aliphatic rings. The molecule has 0 aliphatic heterocycles. The van der Waals surface area contributed by atoms with Gasteiger partial charge in [0.15, 0.2) is 9.84 Å². The van der Waals surface area contributed by atoms with Crippen molar-refractivity contribution in [2.24, 2.45) is 0 Å². The van der Waals surface area contributed by atoms with E-state index >= 15 is 0 Å². The Balaban J connectivity index is 3.19. The predicted octanol–water partition coefficient (Wildman–Crippen LogP) is 2.70. The van der Waals surface area contributed by atoms with E-state index in [4.69, 9.17) is 16.3 Å². The van der Waals surface area contributed by atoms with Crippen LogP contribution in [0.5, 0.6) is 5.75 Å². The van der Waals surface area contributed by atoms with Crippen molar-refractivity contribution in [1.82, 2.24) is 0 Å². The number of hydrogen-bond acceptors (Lipinski definition) is 3. The van der Waals surface area contributed by atoms with Crippen molar-refractivity contribution < 1.29 is 13.2 Å². The molecule has 0 atom stereocenters. The summed E-state index contributed by atoms with van der Waals surface area (Å²) in [5, 5.41) is 0.373. The van der Waals surface area contributed by atoms with E-state index in [-0.39, 0.29) is 10.6 Å². The molecule has 0 fully saturated rings. The molecule has 88 valence electrons. The fraction of sp³-hybridized carbons (Fsp3) is 0.273. The summed E-state index contributed by atoms with van der Waals surface area (Å²) in [6, 6.07) is 4.54. The molecule has 0 bridgehead atoms. The van der Waals surface area contributed by atoms with Gasteiger partial charge in [-0.2, -0.15) is 0 Å². The van der Waals surface area contributed by atoms with Crippen molar-refractivity contribution in [2.75, 3.05) is 12.9 Å². The van der Waals surface area contributed by atoms with E-state index in [0.29, 0.717) is 17.2 Å². The Labute approximate surface area is 101 Å². The Bertz CT molecular complexity index is 480. The van der Waals surface area contributed by atoms with Gasteiger partial charge in [-0.25, -0.2) is 8.42 Å². The lowest BCUT2D eigenvalue weighted by molar-refractivity contribution is 0.403. The molecule has 0 radical (unpaired) electrons. The van der Waals surface area contributed by atoms with Crippen LogP contribution in [0.15, 0.2) is 35.7 Å². The molecular weight excluding hydrogens is 248 g/mol. The molecule has 1 rings (SSSR count). The zero-order valence-corrected chi connectivity index (χ0v) is 10.5. The smallest absolute Gasteiger partial charge is 0.182 e. The summed E-state index contributed by atoms with van der Waals surface area (Å²) in [4.78, 5) is 0.129. The molecule has 1 aromatic carbocycles. The van der Waals surface area contributed by atoms with Gasteiger partial charge in [0, 0.05) is 5.02 Å². The van der Waals surface area contributed by atoms with Gasteiger partial charge >= 0.3 is 0 Å². The predicted molar refractivity (Wildman–Crippen MR) is 64.9 cm³/mol. The molecule has 0 heterocycles. The standard InChI is InChI=1S/C11H13ClO3S/c1-3-4-7-16(13,14)11-8-9(12)5-6-10(11)15-2/h3,5-6,8H,1,4,7H2,2H3. The van der Waals surface area contributed by atoms with Gasteiger partial charge in [-0.1, -0.05) is 17.7 Å². The first-order valence-corrected chi connectivity index (χ1v) is 6.71. The van der Waals surface area contributed by atoms with Crippen molar-refractivity contribution in [3.63, 3.8) is 0 Å². The zero-order chi connectivity index (χ0) is 12.2. The molecule has 16 heavy (non-hydrogen) atoms. The number of methoxy groups -OCH3 is 1. The monoisotopic (exact) mass is 260 g/mol. The summed E-state index contributed by atoms with van der Waals surface area (Å²) >= 11 is 5.77. The van der Waals surface area contributed by atoms with Crippen molar-refractivity contribution >= 4 is 21.4 Å². The average molecular weight is 261 g/mol. The van der Waals surface area contributed by atoms with Gasteiger partial charge in [-0.3, -0.25) is 0 Å². The van der Waals surface area contributed by atoms with Crippen molar-refractivity contribution in [3.05, 3.63) is 35.9 Å². The lowest BCUT2D eigenvalue weighted by Gasteiger charge is -2.09. The maximum Gasteiger partial charge on any atom is 0.182 e. The maximum absolute atomic E-state index is 11.9. The van der Waals surface area contributed by atoms with Crippen LogP contribution in [0.3, 0.4) is 0 Å². The van der Waals surface area contributed by atoms with Crippen LogP contribution in [0.2, 0.25) is 5.02 Å².